The third-order valence-corrected chi connectivity index (χ3v) is 13.2. The third-order valence-electron chi connectivity index (χ3n) is 13.2. The monoisotopic (exact) mass is 854 g/mol. The molecule has 6 fully saturated rings. The first-order chi connectivity index (χ1) is 27.5. The van der Waals surface area contributed by atoms with Gasteiger partial charge in [-0.05, 0) is 47.9 Å². The molecular formula is C36H46B2N6Na2O14. The van der Waals surface area contributed by atoms with Crippen molar-refractivity contribution in [2.45, 2.75) is 85.5 Å². The second kappa shape index (κ2) is 16.8. The Morgan fingerprint density at radius 1 is 0.633 bits per heavy atom. The van der Waals surface area contributed by atoms with E-state index in [-0.39, 0.29) is 165 Å². The average molecular weight is 854 g/mol. The van der Waals surface area contributed by atoms with Crippen LogP contribution in [0.25, 0.3) is 0 Å². The number of nitrogens with one attached hydrogen (secondary N) is 2. The minimum Gasteiger partial charge on any atom is -0.669 e. The molecule has 8 atom stereocenters. The summed E-state index contributed by atoms with van der Waals surface area (Å²) in [7, 11) is 0. The number of carbonyl (C=O) groups is 4. The summed E-state index contributed by atoms with van der Waals surface area (Å²) in [4.78, 5) is 50.7. The zero-order valence-corrected chi connectivity index (χ0v) is 37.3. The number of benzene rings is 2. The van der Waals surface area contributed by atoms with Crippen molar-refractivity contribution in [3.05, 3.63) is 46.5 Å². The van der Waals surface area contributed by atoms with Gasteiger partial charge in [0.15, 0.2) is 0 Å². The number of primary amides is 2. The number of carbonyl (C=O) groups excluding carboxylic acids is 2. The van der Waals surface area contributed by atoms with Crippen molar-refractivity contribution in [1.82, 2.24) is 20.4 Å². The molecule has 0 aromatic heterocycles. The van der Waals surface area contributed by atoms with Gasteiger partial charge in [-0.15, -0.1) is 0 Å². The van der Waals surface area contributed by atoms with Crippen LogP contribution in [-0.4, -0.2) is 153 Å². The Morgan fingerprint density at radius 3 is 1.32 bits per heavy atom. The summed E-state index contributed by atoms with van der Waals surface area (Å²) in [5.74, 6) is -3.79. The van der Waals surface area contributed by atoms with E-state index in [2.05, 4.69) is 20.4 Å². The maximum absolute atomic E-state index is 11.9. The number of aromatic carboxylic acids is 2. The van der Waals surface area contributed by atoms with Gasteiger partial charge < -0.3 is 71.2 Å². The molecule has 2 aliphatic carbocycles. The van der Waals surface area contributed by atoms with E-state index in [9.17, 15) is 49.5 Å². The molecule has 24 heteroatoms. The Balaban J connectivity index is 0.000000176. The van der Waals surface area contributed by atoms with Crippen LogP contribution < -0.4 is 100.0 Å². The molecule has 10 rings (SSSR count). The normalized spacial score (nSPS) is 31.4. The van der Waals surface area contributed by atoms with E-state index in [1.165, 1.54) is 0 Å². The number of carboxylic acids is 2. The van der Waals surface area contributed by atoms with E-state index in [1.54, 1.807) is 24.3 Å². The first kappa shape index (κ1) is 45.4. The minimum absolute atomic E-state index is 0. The smallest absolute Gasteiger partial charge is 0.669 e. The number of carboxylic acid groups (broad SMARTS) is 2. The third kappa shape index (κ3) is 8.41. The molecule has 2 aromatic carbocycles. The van der Waals surface area contributed by atoms with Gasteiger partial charge in [0.05, 0.1) is 23.6 Å². The van der Waals surface area contributed by atoms with Crippen molar-refractivity contribution in [3.8, 4) is 23.0 Å². The molecule has 2 amide bonds. The Bertz CT molecular complexity index is 1930. The Kier molecular flexibility index (Phi) is 12.7. The van der Waals surface area contributed by atoms with Crippen molar-refractivity contribution in [1.29, 1.82) is 0 Å². The molecule has 6 aliphatic heterocycles. The number of amides is 2. The van der Waals surface area contributed by atoms with E-state index in [1.807, 2.05) is 0 Å². The zero-order chi connectivity index (χ0) is 41.0. The second-order valence-electron chi connectivity index (χ2n) is 17.0. The van der Waals surface area contributed by atoms with Crippen LogP contribution in [0.2, 0.25) is 11.6 Å². The van der Waals surface area contributed by atoms with Gasteiger partial charge in [0, 0.05) is 51.4 Å². The van der Waals surface area contributed by atoms with Gasteiger partial charge in [0.1, 0.15) is 34.8 Å². The van der Waals surface area contributed by atoms with Gasteiger partial charge in [-0.25, -0.2) is 9.59 Å². The molecule has 0 spiro atoms. The van der Waals surface area contributed by atoms with Crippen molar-refractivity contribution in [2.24, 2.45) is 11.5 Å². The van der Waals surface area contributed by atoms with Gasteiger partial charge in [-0.2, -0.15) is 0 Å². The average Bonchev–Trinajstić information content (AvgIpc) is 4.00. The first-order valence-corrected chi connectivity index (χ1v) is 19.7. The maximum atomic E-state index is 11.9. The van der Waals surface area contributed by atoms with Crippen LogP contribution in [0.4, 0.5) is 0 Å². The first-order valence-electron chi connectivity index (χ1n) is 19.7. The number of rotatable bonds is 10. The molecule has 4 saturated heterocycles. The van der Waals surface area contributed by atoms with Crippen LogP contribution >= 0.6 is 0 Å². The maximum Gasteiger partial charge on any atom is 1.00 e. The SMILES string of the molecule is NC(=O)[C@@H]1C[C@H](N2CC(Oc3ccc4c(c3C(=O)O)O[B-](O)(O)[C@H]3C[C@@H]43)C2)CN1.NC(=O)[C@@H]1C[C@H](N2CC(Oc3ccc4c(c3C(=O)O)O[B-](O)(O)[C@H]3C[C@@H]43)C2)CN1.[Na+].[Na+]. The number of hydrogen-bond donors (Lipinski definition) is 10. The van der Waals surface area contributed by atoms with Gasteiger partial charge >= 0.3 is 84.6 Å². The molecule has 12 N–H and O–H groups in total. The predicted molar refractivity (Wildman–Crippen MR) is 201 cm³/mol. The van der Waals surface area contributed by atoms with E-state index >= 15 is 0 Å². The van der Waals surface area contributed by atoms with E-state index in [0.29, 0.717) is 76.1 Å². The summed E-state index contributed by atoms with van der Waals surface area (Å²) in [6.45, 7) is -2.36. The number of nitrogens with two attached hydrogens (primary N) is 2. The van der Waals surface area contributed by atoms with Gasteiger partial charge in [0.25, 0.3) is 0 Å². The summed E-state index contributed by atoms with van der Waals surface area (Å²) in [6.07, 6.45) is 2.03. The molecule has 8 aliphatic rings. The van der Waals surface area contributed by atoms with Crippen molar-refractivity contribution < 1.29 is 127 Å². The summed E-state index contributed by atoms with van der Waals surface area (Å²) < 4.78 is 22.5. The Hall–Kier alpha value is -2.67. The van der Waals surface area contributed by atoms with Gasteiger partial charge in [-0.1, -0.05) is 36.6 Å². The second-order valence-corrected chi connectivity index (χ2v) is 17.0. The number of nitrogens with zero attached hydrogens (tertiary/aromatic N) is 2. The van der Waals surface area contributed by atoms with E-state index in [4.69, 9.17) is 30.2 Å². The summed E-state index contributed by atoms with van der Waals surface area (Å²) in [5.41, 5.74) is 11.7. The van der Waals surface area contributed by atoms with Crippen LogP contribution in [0.5, 0.6) is 23.0 Å². The molecule has 2 aromatic rings. The zero-order valence-electron chi connectivity index (χ0n) is 33.3. The number of ether oxygens (including phenoxy) is 2. The molecule has 2 saturated carbocycles. The molecule has 60 heavy (non-hydrogen) atoms. The Morgan fingerprint density at radius 2 is 1.00 bits per heavy atom. The van der Waals surface area contributed by atoms with Gasteiger partial charge in [0.2, 0.25) is 11.8 Å². The van der Waals surface area contributed by atoms with Crippen LogP contribution in [0.3, 0.4) is 0 Å². The predicted octanol–water partition coefficient (Wildman–Crippen LogP) is -8.32. The van der Waals surface area contributed by atoms with Crippen LogP contribution in [-0.2, 0) is 9.59 Å². The Labute approximate surface area is 388 Å². The molecule has 0 bridgehead atoms. The fourth-order valence-electron chi connectivity index (χ4n) is 9.69. The van der Waals surface area contributed by atoms with Crippen LogP contribution in [0, 0.1) is 0 Å². The summed E-state index contributed by atoms with van der Waals surface area (Å²) in [5, 5.41) is 66.0. The molecular weight excluding hydrogens is 808 g/mol. The molecule has 0 unspecified atom stereocenters. The standard InChI is InChI=1S/2C18H23BN3O7.2Na/c2*20-17(23)13-3-8(5-21-13)22-6-9(7-22)28-14-2-1-10-11-4-12(11)19(26,27)29-16(10)15(14)18(24)25;;/h2*1-2,8-9,11-13,21,26-27H,3-7H2,(H2,20,23)(H,24,25);;/q2*-1;2*+1/t2*8-,11-,12-,13-;;/m00../s1. The van der Waals surface area contributed by atoms with Crippen molar-refractivity contribution in [2.75, 3.05) is 39.3 Å². The van der Waals surface area contributed by atoms with Crippen LogP contribution in [0.15, 0.2) is 24.3 Å². The summed E-state index contributed by atoms with van der Waals surface area (Å²) in [6, 6.07) is 6.50. The topological polar surface area (TPSA) is 309 Å². The molecule has 6 heterocycles. The quantitative estimate of drug-likeness (QED) is 0.0993. The largest absolute Gasteiger partial charge is 1.00 e. The van der Waals surface area contributed by atoms with Crippen molar-refractivity contribution in [3.63, 3.8) is 0 Å². The number of likely N-dealkylation sites (tertiary alicyclic amines) is 2. The van der Waals surface area contributed by atoms with E-state index < -0.39 is 25.4 Å². The minimum atomic E-state index is -3.06. The van der Waals surface area contributed by atoms with Gasteiger partial charge in [-0.3, -0.25) is 19.4 Å². The number of hydrogen-bond acceptors (Lipinski definition) is 16. The van der Waals surface area contributed by atoms with E-state index in [0.717, 1.165) is 0 Å². The fourth-order valence-corrected chi connectivity index (χ4v) is 9.69. The van der Waals surface area contributed by atoms with Crippen molar-refractivity contribution >= 4 is 37.3 Å². The number of fused-ring (bicyclic) bond motifs is 6. The summed E-state index contributed by atoms with van der Waals surface area (Å²) >= 11 is 0. The fraction of sp³-hybridized carbons (Fsp3) is 0.556. The molecule has 312 valence electrons. The van der Waals surface area contributed by atoms with Crippen LogP contribution in [0.1, 0.15) is 69.4 Å². The molecule has 20 nitrogen and oxygen atoms in total. The molecule has 0 radical (unpaired) electrons.